The smallest absolute Gasteiger partial charge is 0.263 e. The van der Waals surface area contributed by atoms with E-state index in [0.29, 0.717) is 23.4 Å². The normalized spacial score (nSPS) is 14.1. The van der Waals surface area contributed by atoms with Gasteiger partial charge in [0.05, 0.1) is 17.7 Å². The zero-order chi connectivity index (χ0) is 13.6. The fraction of sp³-hybridized carbons (Fsp3) is 0.143. The van der Waals surface area contributed by atoms with Crippen LogP contribution in [-0.4, -0.2) is 16.7 Å². The van der Waals surface area contributed by atoms with E-state index in [2.05, 4.69) is 0 Å². The molecule has 1 aliphatic rings. The Bertz CT molecular complexity index is 691. The summed E-state index contributed by atoms with van der Waals surface area (Å²) in [5.41, 5.74) is 8.98. The van der Waals surface area contributed by atoms with Crippen molar-refractivity contribution in [1.82, 2.24) is 4.90 Å². The second-order valence-electron chi connectivity index (χ2n) is 4.55. The van der Waals surface area contributed by atoms with Crippen LogP contribution >= 0.6 is 11.3 Å². The van der Waals surface area contributed by atoms with Gasteiger partial charge in [-0.15, -0.1) is 0 Å². The van der Waals surface area contributed by atoms with Crippen LogP contribution in [-0.2, 0) is 6.54 Å². The van der Waals surface area contributed by atoms with Gasteiger partial charge in [-0.3, -0.25) is 14.5 Å². The topological polar surface area (TPSA) is 63.4 Å². The number of hydrogen-bond acceptors (Lipinski definition) is 4. The van der Waals surface area contributed by atoms with Gasteiger partial charge < -0.3 is 5.73 Å². The van der Waals surface area contributed by atoms with E-state index < -0.39 is 0 Å². The fourth-order valence-corrected chi connectivity index (χ4v) is 3.07. The van der Waals surface area contributed by atoms with Crippen molar-refractivity contribution in [2.45, 2.75) is 13.5 Å². The summed E-state index contributed by atoms with van der Waals surface area (Å²) in [5, 5.41) is 3.96. The molecule has 0 fully saturated rings. The van der Waals surface area contributed by atoms with Gasteiger partial charge in [0.2, 0.25) is 0 Å². The number of rotatable bonds is 2. The van der Waals surface area contributed by atoms with E-state index in [0.717, 1.165) is 11.1 Å². The predicted octanol–water partition coefficient (Wildman–Crippen LogP) is 2.43. The molecule has 0 aliphatic carbocycles. The first-order chi connectivity index (χ1) is 9.09. The van der Waals surface area contributed by atoms with E-state index in [1.54, 1.807) is 29.5 Å². The van der Waals surface area contributed by atoms with Crippen LogP contribution < -0.4 is 5.73 Å². The van der Waals surface area contributed by atoms with Gasteiger partial charge in [-0.25, -0.2) is 0 Å². The van der Waals surface area contributed by atoms with Crippen LogP contribution in [0.2, 0.25) is 0 Å². The van der Waals surface area contributed by atoms with E-state index in [9.17, 15) is 9.59 Å². The molecule has 0 radical (unpaired) electrons. The highest BCUT2D eigenvalue weighted by Crippen LogP contribution is 2.29. The number of imide groups is 1. The van der Waals surface area contributed by atoms with Crippen molar-refractivity contribution in [3.63, 3.8) is 0 Å². The Morgan fingerprint density at radius 3 is 2.63 bits per heavy atom. The molecule has 2 heterocycles. The minimum absolute atomic E-state index is 0.266. The molecule has 0 atom stereocenters. The molecule has 0 saturated carbocycles. The van der Waals surface area contributed by atoms with Crippen LogP contribution in [0, 0.1) is 6.92 Å². The van der Waals surface area contributed by atoms with Crippen molar-refractivity contribution in [2.24, 2.45) is 0 Å². The molecule has 1 aliphatic heterocycles. The van der Waals surface area contributed by atoms with Gasteiger partial charge in [0.1, 0.15) is 0 Å². The highest BCUT2D eigenvalue weighted by molar-refractivity contribution is 7.08. The zero-order valence-electron chi connectivity index (χ0n) is 10.3. The van der Waals surface area contributed by atoms with Crippen LogP contribution in [0.3, 0.4) is 0 Å². The number of hydrogen-bond donors (Lipinski definition) is 1. The highest BCUT2D eigenvalue weighted by Gasteiger charge is 2.37. The van der Waals surface area contributed by atoms with Gasteiger partial charge in [-0.05, 0) is 40.9 Å². The lowest BCUT2D eigenvalue weighted by molar-refractivity contribution is 0.0642. The average molecular weight is 272 g/mol. The molecule has 5 heteroatoms. The Morgan fingerprint density at radius 1 is 1.21 bits per heavy atom. The van der Waals surface area contributed by atoms with Crippen LogP contribution in [0.5, 0.6) is 0 Å². The largest absolute Gasteiger partial charge is 0.398 e. The number of anilines is 1. The quantitative estimate of drug-likeness (QED) is 0.674. The summed E-state index contributed by atoms with van der Waals surface area (Å²) < 4.78 is 0. The first-order valence-corrected chi connectivity index (χ1v) is 6.80. The first-order valence-electron chi connectivity index (χ1n) is 5.86. The monoisotopic (exact) mass is 272 g/mol. The van der Waals surface area contributed by atoms with E-state index >= 15 is 0 Å². The molecule has 19 heavy (non-hydrogen) atoms. The summed E-state index contributed by atoms with van der Waals surface area (Å²) in [7, 11) is 0. The van der Waals surface area contributed by atoms with Crippen LogP contribution in [0.15, 0.2) is 29.0 Å². The molecule has 0 unspecified atom stereocenters. The number of amides is 2. The number of carbonyl (C=O) groups is 2. The molecule has 0 spiro atoms. The third-order valence-corrected chi connectivity index (χ3v) is 4.23. The molecule has 1 aromatic carbocycles. The van der Waals surface area contributed by atoms with Gasteiger partial charge in [-0.2, -0.15) is 11.3 Å². The molecule has 2 N–H and O–H groups in total. The number of fused-ring (bicyclic) bond motifs is 1. The van der Waals surface area contributed by atoms with E-state index in [-0.39, 0.29) is 11.8 Å². The van der Waals surface area contributed by atoms with E-state index in [4.69, 9.17) is 5.73 Å². The summed E-state index contributed by atoms with van der Waals surface area (Å²) >= 11 is 1.57. The number of carbonyl (C=O) groups excluding carboxylic acids is 2. The molecule has 4 nitrogen and oxygen atoms in total. The number of benzene rings is 1. The zero-order valence-corrected chi connectivity index (χ0v) is 11.2. The summed E-state index contributed by atoms with van der Waals surface area (Å²) in [6.45, 7) is 2.28. The summed E-state index contributed by atoms with van der Waals surface area (Å²) in [6, 6.07) is 4.98. The van der Waals surface area contributed by atoms with Crippen molar-refractivity contribution < 1.29 is 9.59 Å². The number of nitrogens with zero attached hydrogens (tertiary/aromatic N) is 1. The van der Waals surface area contributed by atoms with E-state index in [1.807, 2.05) is 17.7 Å². The van der Waals surface area contributed by atoms with E-state index in [1.165, 1.54) is 4.90 Å². The van der Waals surface area contributed by atoms with Gasteiger partial charge >= 0.3 is 0 Å². The second-order valence-corrected chi connectivity index (χ2v) is 5.29. The van der Waals surface area contributed by atoms with Gasteiger partial charge in [0.25, 0.3) is 11.8 Å². The maximum atomic E-state index is 12.3. The molecule has 2 aromatic rings. The molecule has 96 valence electrons. The molecule has 0 saturated heterocycles. The summed E-state index contributed by atoms with van der Waals surface area (Å²) in [4.78, 5) is 25.8. The minimum Gasteiger partial charge on any atom is -0.398 e. The van der Waals surface area contributed by atoms with Gasteiger partial charge in [0.15, 0.2) is 0 Å². The molecular weight excluding hydrogens is 260 g/mol. The van der Waals surface area contributed by atoms with Gasteiger partial charge in [-0.1, -0.05) is 6.07 Å². The van der Waals surface area contributed by atoms with Crippen molar-refractivity contribution in [1.29, 1.82) is 0 Å². The fourth-order valence-electron chi connectivity index (χ4n) is 2.22. The lowest BCUT2D eigenvalue weighted by Gasteiger charge is -2.13. The SMILES string of the molecule is Cc1cscc1CN1C(=O)c2cccc(N)c2C1=O. The minimum atomic E-state index is -0.302. The Hall–Kier alpha value is -2.14. The first kappa shape index (κ1) is 11.9. The number of nitrogen functional groups attached to an aromatic ring is 1. The average Bonchev–Trinajstić information content (AvgIpc) is 2.88. The molecule has 2 amide bonds. The van der Waals surface area contributed by atoms with Crippen molar-refractivity contribution in [3.05, 3.63) is 51.2 Å². The molecular formula is C14H12N2O2S. The van der Waals surface area contributed by atoms with Crippen molar-refractivity contribution in [2.75, 3.05) is 5.73 Å². The predicted molar refractivity (Wildman–Crippen MR) is 74.1 cm³/mol. The van der Waals surface area contributed by atoms with Crippen LogP contribution in [0.4, 0.5) is 5.69 Å². The van der Waals surface area contributed by atoms with Crippen molar-refractivity contribution in [3.8, 4) is 0 Å². The lowest BCUT2D eigenvalue weighted by atomic mass is 10.1. The van der Waals surface area contributed by atoms with Crippen molar-refractivity contribution >= 4 is 28.8 Å². The van der Waals surface area contributed by atoms with Crippen LogP contribution in [0.25, 0.3) is 0 Å². The summed E-state index contributed by atoms with van der Waals surface area (Å²) in [6.07, 6.45) is 0. The second kappa shape index (κ2) is 4.20. The van der Waals surface area contributed by atoms with Gasteiger partial charge in [0, 0.05) is 5.69 Å². The van der Waals surface area contributed by atoms with Crippen LogP contribution in [0.1, 0.15) is 31.8 Å². The molecule has 1 aromatic heterocycles. The standard InChI is InChI=1S/C14H12N2O2S/c1-8-6-19-7-9(8)5-16-13(17)10-3-2-4-11(15)12(10)14(16)18/h2-4,6-7H,5,15H2,1H3. The number of aryl methyl sites for hydroxylation is 1. The number of nitrogens with two attached hydrogens (primary N) is 1. The Balaban J connectivity index is 1.99. The molecule has 0 bridgehead atoms. The third-order valence-electron chi connectivity index (χ3n) is 3.32. The Morgan fingerprint density at radius 2 is 2.00 bits per heavy atom. The Kier molecular flexibility index (Phi) is 2.64. The third kappa shape index (κ3) is 1.74. The lowest BCUT2D eigenvalue weighted by Crippen LogP contribution is -2.29. The maximum Gasteiger partial charge on any atom is 0.263 e. The Labute approximate surface area is 114 Å². The number of thiophene rings is 1. The molecule has 3 rings (SSSR count). The summed E-state index contributed by atoms with van der Waals surface area (Å²) in [5.74, 6) is -0.568. The highest BCUT2D eigenvalue weighted by atomic mass is 32.1. The maximum absolute atomic E-state index is 12.3.